The lowest BCUT2D eigenvalue weighted by molar-refractivity contribution is 0.294. The van der Waals surface area contributed by atoms with E-state index in [9.17, 15) is 0 Å². The van der Waals surface area contributed by atoms with Crippen LogP contribution in [0, 0.1) is 6.92 Å². The molecule has 0 bridgehead atoms. The van der Waals surface area contributed by atoms with Crippen molar-refractivity contribution in [2.24, 2.45) is 0 Å². The average molecular weight is 314 g/mol. The van der Waals surface area contributed by atoms with Gasteiger partial charge in [-0.1, -0.05) is 44.2 Å². The average Bonchev–Trinajstić information content (AvgIpc) is 2.55. The molecule has 0 saturated heterocycles. The van der Waals surface area contributed by atoms with Gasteiger partial charge in [-0.25, -0.2) is 0 Å². The predicted octanol–water partition coefficient (Wildman–Crippen LogP) is 3.43. The second kappa shape index (κ2) is 9.08. The standard InChI is InChI=1S/C18H26N4O/c1-4-12-22(13-5-2)17-19-15(3)20-18(21-17)23-14-11-16-9-7-6-8-10-16/h6-10H,4-5,11-14H2,1-3H3. The zero-order valence-electron chi connectivity index (χ0n) is 14.3. The van der Waals surface area contributed by atoms with Crippen molar-refractivity contribution >= 4 is 5.95 Å². The Labute approximate surface area is 138 Å². The second-order valence-electron chi connectivity index (χ2n) is 5.54. The molecule has 0 radical (unpaired) electrons. The van der Waals surface area contributed by atoms with Gasteiger partial charge in [0.25, 0.3) is 0 Å². The van der Waals surface area contributed by atoms with E-state index in [-0.39, 0.29) is 0 Å². The number of hydrogen-bond acceptors (Lipinski definition) is 5. The van der Waals surface area contributed by atoms with E-state index in [1.54, 1.807) is 0 Å². The maximum Gasteiger partial charge on any atom is 0.321 e. The summed E-state index contributed by atoms with van der Waals surface area (Å²) in [4.78, 5) is 15.4. The third-order valence-electron chi connectivity index (χ3n) is 3.45. The van der Waals surface area contributed by atoms with Crippen LogP contribution in [-0.2, 0) is 6.42 Å². The highest BCUT2D eigenvalue weighted by Crippen LogP contribution is 2.13. The Balaban J connectivity index is 2.01. The highest BCUT2D eigenvalue weighted by molar-refractivity contribution is 5.30. The molecule has 0 aliphatic heterocycles. The molecule has 0 saturated carbocycles. The molecule has 1 heterocycles. The fourth-order valence-electron chi connectivity index (χ4n) is 2.41. The van der Waals surface area contributed by atoms with Gasteiger partial charge in [-0.3, -0.25) is 0 Å². The van der Waals surface area contributed by atoms with E-state index in [2.05, 4.69) is 45.8 Å². The number of hydrogen-bond donors (Lipinski definition) is 0. The molecule has 0 amide bonds. The van der Waals surface area contributed by atoms with Crippen LogP contribution in [0.3, 0.4) is 0 Å². The monoisotopic (exact) mass is 314 g/mol. The lowest BCUT2D eigenvalue weighted by Gasteiger charge is -2.21. The van der Waals surface area contributed by atoms with Gasteiger partial charge in [0.1, 0.15) is 5.82 Å². The Morgan fingerprint density at radius 1 is 0.957 bits per heavy atom. The zero-order valence-corrected chi connectivity index (χ0v) is 14.3. The van der Waals surface area contributed by atoms with Gasteiger partial charge >= 0.3 is 6.01 Å². The molecule has 0 aliphatic rings. The van der Waals surface area contributed by atoms with Gasteiger partial charge in [0.15, 0.2) is 0 Å². The molecule has 5 nitrogen and oxygen atoms in total. The molecule has 2 aromatic rings. The van der Waals surface area contributed by atoms with E-state index in [4.69, 9.17) is 4.74 Å². The summed E-state index contributed by atoms with van der Waals surface area (Å²) in [6.07, 6.45) is 2.97. The summed E-state index contributed by atoms with van der Waals surface area (Å²) < 4.78 is 5.75. The second-order valence-corrected chi connectivity index (χ2v) is 5.54. The largest absolute Gasteiger partial charge is 0.463 e. The number of nitrogens with zero attached hydrogens (tertiary/aromatic N) is 4. The van der Waals surface area contributed by atoms with Gasteiger partial charge in [0.2, 0.25) is 5.95 Å². The summed E-state index contributed by atoms with van der Waals surface area (Å²) in [6, 6.07) is 10.7. The molecular formula is C18H26N4O. The Kier molecular flexibility index (Phi) is 6.78. The lowest BCUT2D eigenvalue weighted by atomic mass is 10.2. The minimum Gasteiger partial charge on any atom is -0.463 e. The molecule has 0 fully saturated rings. The van der Waals surface area contributed by atoms with Crippen LogP contribution < -0.4 is 9.64 Å². The first-order valence-corrected chi connectivity index (χ1v) is 8.37. The molecule has 2 rings (SSSR count). The normalized spacial score (nSPS) is 10.6. The molecule has 0 aliphatic carbocycles. The third kappa shape index (κ3) is 5.51. The topological polar surface area (TPSA) is 51.1 Å². The van der Waals surface area contributed by atoms with Crippen LogP contribution in [0.5, 0.6) is 6.01 Å². The SMILES string of the molecule is CCCN(CCC)c1nc(C)nc(OCCc2ccccc2)n1. The zero-order chi connectivity index (χ0) is 16.5. The van der Waals surface area contributed by atoms with Crippen molar-refractivity contribution in [3.8, 4) is 6.01 Å². The summed E-state index contributed by atoms with van der Waals surface area (Å²) in [6.45, 7) is 8.66. The molecule has 0 unspecified atom stereocenters. The molecule has 0 N–H and O–H groups in total. The van der Waals surface area contributed by atoms with Crippen LogP contribution in [0.25, 0.3) is 0 Å². The maximum absolute atomic E-state index is 5.75. The number of aromatic nitrogens is 3. The van der Waals surface area contributed by atoms with Gasteiger partial charge in [-0.05, 0) is 25.3 Å². The first-order chi connectivity index (χ1) is 11.2. The molecule has 0 atom stereocenters. The van der Waals surface area contributed by atoms with E-state index in [1.165, 1.54) is 5.56 Å². The minimum atomic E-state index is 0.417. The molecular weight excluding hydrogens is 288 g/mol. The van der Waals surface area contributed by atoms with E-state index < -0.39 is 0 Å². The quantitative estimate of drug-likeness (QED) is 0.710. The number of anilines is 1. The predicted molar refractivity (Wildman–Crippen MR) is 93.0 cm³/mol. The smallest absolute Gasteiger partial charge is 0.321 e. The summed E-state index contributed by atoms with van der Waals surface area (Å²) in [7, 11) is 0. The van der Waals surface area contributed by atoms with E-state index >= 15 is 0 Å². The third-order valence-corrected chi connectivity index (χ3v) is 3.45. The van der Waals surface area contributed by atoms with Gasteiger partial charge in [-0.15, -0.1) is 0 Å². The molecule has 1 aromatic heterocycles. The van der Waals surface area contributed by atoms with Crippen LogP contribution >= 0.6 is 0 Å². The van der Waals surface area contributed by atoms with E-state index in [1.807, 2.05) is 25.1 Å². The Morgan fingerprint density at radius 2 is 1.65 bits per heavy atom. The molecule has 1 aromatic carbocycles. The van der Waals surface area contributed by atoms with Crippen molar-refractivity contribution in [1.82, 2.24) is 15.0 Å². The number of rotatable bonds is 9. The van der Waals surface area contributed by atoms with Crippen LogP contribution in [0.2, 0.25) is 0 Å². The highest BCUT2D eigenvalue weighted by atomic mass is 16.5. The van der Waals surface area contributed by atoms with Crippen molar-refractivity contribution in [3.63, 3.8) is 0 Å². The van der Waals surface area contributed by atoms with Crippen molar-refractivity contribution in [2.45, 2.75) is 40.0 Å². The van der Waals surface area contributed by atoms with Crippen LogP contribution in [0.1, 0.15) is 38.1 Å². The number of aryl methyl sites for hydroxylation is 1. The first kappa shape index (κ1) is 17.2. The van der Waals surface area contributed by atoms with Crippen LogP contribution in [0.15, 0.2) is 30.3 Å². The van der Waals surface area contributed by atoms with Crippen molar-refractivity contribution in [2.75, 3.05) is 24.6 Å². The molecule has 23 heavy (non-hydrogen) atoms. The fourth-order valence-corrected chi connectivity index (χ4v) is 2.41. The van der Waals surface area contributed by atoms with Gasteiger partial charge < -0.3 is 9.64 Å². The van der Waals surface area contributed by atoms with Gasteiger partial charge in [0, 0.05) is 19.5 Å². The summed E-state index contributed by atoms with van der Waals surface area (Å²) in [5, 5.41) is 0. The van der Waals surface area contributed by atoms with E-state index in [0.29, 0.717) is 18.4 Å². The lowest BCUT2D eigenvalue weighted by Crippen LogP contribution is -2.27. The van der Waals surface area contributed by atoms with Crippen molar-refractivity contribution < 1.29 is 4.74 Å². The number of benzene rings is 1. The first-order valence-electron chi connectivity index (χ1n) is 8.37. The summed E-state index contributed by atoms with van der Waals surface area (Å²) in [5.41, 5.74) is 1.25. The molecule has 5 heteroatoms. The summed E-state index contributed by atoms with van der Waals surface area (Å²) >= 11 is 0. The Hall–Kier alpha value is -2.17. The molecule has 124 valence electrons. The van der Waals surface area contributed by atoms with E-state index in [0.717, 1.165) is 38.3 Å². The van der Waals surface area contributed by atoms with Gasteiger partial charge in [0.05, 0.1) is 6.61 Å². The minimum absolute atomic E-state index is 0.417. The summed E-state index contributed by atoms with van der Waals surface area (Å²) in [5.74, 6) is 1.41. The van der Waals surface area contributed by atoms with Crippen LogP contribution in [0.4, 0.5) is 5.95 Å². The van der Waals surface area contributed by atoms with Crippen molar-refractivity contribution in [1.29, 1.82) is 0 Å². The van der Waals surface area contributed by atoms with Gasteiger partial charge in [-0.2, -0.15) is 15.0 Å². The number of ether oxygens (including phenoxy) is 1. The highest BCUT2D eigenvalue weighted by Gasteiger charge is 2.11. The maximum atomic E-state index is 5.75. The molecule has 0 spiro atoms. The Morgan fingerprint density at radius 3 is 2.30 bits per heavy atom. The Bertz CT molecular complexity index is 583. The van der Waals surface area contributed by atoms with Crippen LogP contribution in [-0.4, -0.2) is 34.6 Å². The van der Waals surface area contributed by atoms with Crippen molar-refractivity contribution in [3.05, 3.63) is 41.7 Å². The fraction of sp³-hybridized carbons (Fsp3) is 0.500.